The summed E-state index contributed by atoms with van der Waals surface area (Å²) in [7, 11) is 4.46. The molecule has 3 heterocycles. The molecule has 5 nitrogen and oxygen atoms in total. The Morgan fingerprint density at radius 2 is 1.68 bits per heavy atom. The number of hydrogen-bond acceptors (Lipinski definition) is 5. The Bertz CT molecular complexity index is 503. The van der Waals surface area contributed by atoms with Crippen LogP contribution >= 0.6 is 0 Å². The highest BCUT2D eigenvalue weighted by Crippen LogP contribution is 2.32. The summed E-state index contributed by atoms with van der Waals surface area (Å²) >= 11 is 0. The number of nitrogens with zero attached hydrogens (tertiary/aromatic N) is 5. The molecule has 3 rings (SSSR count). The molecule has 0 aromatic carbocycles. The summed E-state index contributed by atoms with van der Waals surface area (Å²) in [5, 5.41) is 0. The van der Waals surface area contributed by atoms with Crippen molar-refractivity contribution in [2.75, 3.05) is 45.2 Å². The van der Waals surface area contributed by atoms with Gasteiger partial charge >= 0.3 is 0 Å². The molecule has 0 saturated carbocycles. The normalized spacial score (nSPS) is 23.6. The number of rotatable bonds is 9. The summed E-state index contributed by atoms with van der Waals surface area (Å²) in [6.45, 7) is 6.93. The number of aromatic nitrogens is 2. The molecule has 2 fully saturated rings. The van der Waals surface area contributed by atoms with Crippen LogP contribution < -0.4 is 4.90 Å². The third kappa shape index (κ3) is 4.91. The second-order valence-corrected chi connectivity index (χ2v) is 8.02. The summed E-state index contributed by atoms with van der Waals surface area (Å²) in [6, 6.07) is 1.21. The van der Waals surface area contributed by atoms with Crippen molar-refractivity contribution in [3.63, 3.8) is 0 Å². The van der Waals surface area contributed by atoms with Crippen molar-refractivity contribution in [1.29, 1.82) is 0 Å². The van der Waals surface area contributed by atoms with E-state index in [1.54, 1.807) is 0 Å². The van der Waals surface area contributed by atoms with E-state index >= 15 is 0 Å². The fourth-order valence-electron chi connectivity index (χ4n) is 4.35. The lowest BCUT2D eigenvalue weighted by Gasteiger charge is -2.39. The van der Waals surface area contributed by atoms with Gasteiger partial charge in [0, 0.05) is 37.6 Å². The highest BCUT2D eigenvalue weighted by molar-refractivity contribution is 5.37. The second-order valence-electron chi connectivity index (χ2n) is 8.02. The first-order valence-electron chi connectivity index (χ1n) is 10.1. The molecule has 0 N–H and O–H groups in total. The number of aryl methyl sites for hydroxylation is 1. The second kappa shape index (κ2) is 8.95. The highest BCUT2D eigenvalue weighted by atomic mass is 15.4. The van der Waals surface area contributed by atoms with Crippen molar-refractivity contribution < 1.29 is 0 Å². The van der Waals surface area contributed by atoms with Gasteiger partial charge in [0.15, 0.2) is 0 Å². The molecular formula is C20H35N5. The van der Waals surface area contributed by atoms with E-state index in [0.717, 1.165) is 32.0 Å². The largest absolute Gasteiger partial charge is 0.332 e. The maximum absolute atomic E-state index is 4.71. The average Bonchev–Trinajstić information content (AvgIpc) is 2.87. The monoisotopic (exact) mass is 345 g/mol. The van der Waals surface area contributed by atoms with Gasteiger partial charge in [-0.2, -0.15) is 0 Å². The first-order valence-corrected chi connectivity index (χ1v) is 10.1. The zero-order chi connectivity index (χ0) is 17.6. The van der Waals surface area contributed by atoms with Crippen molar-refractivity contribution in [2.45, 2.75) is 64.0 Å². The molecule has 0 radical (unpaired) electrons. The summed E-state index contributed by atoms with van der Waals surface area (Å²) in [6.07, 6.45) is 12.9. The predicted octanol–water partition coefficient (Wildman–Crippen LogP) is 2.81. The van der Waals surface area contributed by atoms with Crippen LogP contribution in [-0.2, 0) is 6.42 Å². The van der Waals surface area contributed by atoms with Gasteiger partial charge in [-0.3, -0.25) is 0 Å². The molecule has 0 aliphatic carbocycles. The van der Waals surface area contributed by atoms with Crippen LogP contribution in [0.25, 0.3) is 0 Å². The SMILES string of the molecule is CCCCCN(C)CCCc1cnc(N2C3CCC2CN(C)C3)nc1. The third-order valence-electron chi connectivity index (χ3n) is 5.74. The van der Waals surface area contributed by atoms with Gasteiger partial charge in [-0.05, 0) is 64.9 Å². The number of fused-ring (bicyclic) bond motifs is 2. The van der Waals surface area contributed by atoms with Crippen LogP contribution in [0.5, 0.6) is 0 Å². The Morgan fingerprint density at radius 3 is 2.32 bits per heavy atom. The minimum atomic E-state index is 0.603. The molecule has 1 aromatic heterocycles. The minimum Gasteiger partial charge on any atom is -0.332 e. The number of hydrogen-bond donors (Lipinski definition) is 0. The van der Waals surface area contributed by atoms with Gasteiger partial charge in [0.1, 0.15) is 0 Å². The summed E-state index contributed by atoms with van der Waals surface area (Å²) in [5.74, 6) is 0.945. The van der Waals surface area contributed by atoms with Crippen molar-refractivity contribution in [3.05, 3.63) is 18.0 Å². The fourth-order valence-corrected chi connectivity index (χ4v) is 4.35. The number of likely N-dealkylation sites (N-methyl/N-ethyl adjacent to an activating group) is 1. The van der Waals surface area contributed by atoms with Gasteiger partial charge in [-0.25, -0.2) is 9.97 Å². The molecule has 0 amide bonds. The fraction of sp³-hybridized carbons (Fsp3) is 0.800. The Balaban J connectivity index is 1.45. The summed E-state index contributed by atoms with van der Waals surface area (Å²) < 4.78 is 0. The van der Waals surface area contributed by atoms with Crippen molar-refractivity contribution in [3.8, 4) is 0 Å². The predicted molar refractivity (Wildman–Crippen MR) is 104 cm³/mol. The van der Waals surface area contributed by atoms with Crippen molar-refractivity contribution >= 4 is 5.95 Å². The van der Waals surface area contributed by atoms with Crippen molar-refractivity contribution in [1.82, 2.24) is 19.8 Å². The lowest BCUT2D eigenvalue weighted by molar-refractivity contribution is 0.262. The van der Waals surface area contributed by atoms with Crippen LogP contribution in [0, 0.1) is 0 Å². The molecule has 2 aliphatic heterocycles. The first kappa shape index (κ1) is 18.6. The van der Waals surface area contributed by atoms with Crippen LogP contribution in [0.1, 0.15) is 51.0 Å². The Morgan fingerprint density at radius 1 is 1.04 bits per heavy atom. The maximum atomic E-state index is 4.71. The van der Waals surface area contributed by atoms with E-state index in [1.807, 2.05) is 0 Å². The van der Waals surface area contributed by atoms with Gasteiger partial charge < -0.3 is 14.7 Å². The quantitative estimate of drug-likeness (QED) is 0.643. The smallest absolute Gasteiger partial charge is 0.225 e. The Labute approximate surface area is 153 Å². The van der Waals surface area contributed by atoms with E-state index in [2.05, 4.69) is 48.1 Å². The lowest BCUT2D eigenvalue weighted by Crippen LogP contribution is -2.53. The van der Waals surface area contributed by atoms with Gasteiger partial charge in [0.05, 0.1) is 0 Å². The number of piperazine rings is 1. The Hall–Kier alpha value is -1.20. The zero-order valence-electron chi connectivity index (χ0n) is 16.3. The first-order chi connectivity index (χ1) is 12.2. The van der Waals surface area contributed by atoms with Crippen LogP contribution in [0.2, 0.25) is 0 Å². The van der Waals surface area contributed by atoms with E-state index in [-0.39, 0.29) is 0 Å². The van der Waals surface area contributed by atoms with Crippen LogP contribution in [0.4, 0.5) is 5.95 Å². The summed E-state index contributed by atoms with van der Waals surface area (Å²) in [5.41, 5.74) is 1.27. The zero-order valence-corrected chi connectivity index (χ0v) is 16.3. The van der Waals surface area contributed by atoms with Gasteiger partial charge in [-0.1, -0.05) is 19.8 Å². The average molecular weight is 346 g/mol. The number of likely N-dealkylation sites (tertiary alicyclic amines) is 1. The van der Waals surface area contributed by atoms with Gasteiger partial charge in [0.25, 0.3) is 0 Å². The maximum Gasteiger partial charge on any atom is 0.225 e. The molecule has 0 spiro atoms. The molecule has 2 atom stereocenters. The molecule has 2 aliphatic rings. The number of anilines is 1. The third-order valence-corrected chi connectivity index (χ3v) is 5.74. The van der Waals surface area contributed by atoms with E-state index < -0.39 is 0 Å². The number of unbranched alkanes of at least 4 members (excludes halogenated alkanes) is 2. The molecule has 2 bridgehead atoms. The van der Waals surface area contributed by atoms with E-state index in [4.69, 9.17) is 9.97 Å². The highest BCUT2D eigenvalue weighted by Gasteiger charge is 2.39. The standard InChI is InChI=1S/C20H35N5/c1-4-5-6-11-23(2)12-7-8-17-13-21-20(22-14-17)25-18-9-10-19(25)16-24(3)15-18/h13-14,18-19H,4-12,15-16H2,1-3H3. The van der Waals surface area contributed by atoms with E-state index in [9.17, 15) is 0 Å². The summed E-state index contributed by atoms with van der Waals surface area (Å²) in [4.78, 5) is 16.8. The van der Waals surface area contributed by atoms with Crippen molar-refractivity contribution in [2.24, 2.45) is 0 Å². The van der Waals surface area contributed by atoms with Gasteiger partial charge in [0.2, 0.25) is 5.95 Å². The molecule has 2 unspecified atom stereocenters. The molecule has 25 heavy (non-hydrogen) atoms. The molecule has 140 valence electrons. The van der Waals surface area contributed by atoms with E-state index in [0.29, 0.717) is 12.1 Å². The molecule has 1 aromatic rings. The van der Waals surface area contributed by atoms with Crippen LogP contribution in [0.15, 0.2) is 12.4 Å². The lowest BCUT2D eigenvalue weighted by atomic mass is 10.2. The van der Waals surface area contributed by atoms with Crippen LogP contribution in [-0.4, -0.2) is 72.1 Å². The van der Waals surface area contributed by atoms with E-state index in [1.165, 1.54) is 50.6 Å². The van der Waals surface area contributed by atoms with Crippen LogP contribution in [0.3, 0.4) is 0 Å². The minimum absolute atomic E-state index is 0.603. The van der Waals surface area contributed by atoms with Gasteiger partial charge in [-0.15, -0.1) is 0 Å². The topological polar surface area (TPSA) is 35.5 Å². The Kier molecular flexibility index (Phi) is 6.65. The molecule has 2 saturated heterocycles. The molecule has 5 heteroatoms. The molecular weight excluding hydrogens is 310 g/mol.